The number of ether oxygens (including phenoxy) is 2. The minimum absolute atomic E-state index is 0.0486. The summed E-state index contributed by atoms with van der Waals surface area (Å²) in [6.07, 6.45) is 23.7. The fraction of sp³-hybridized carbons (Fsp3) is 0.704. The lowest BCUT2D eigenvalue weighted by Crippen LogP contribution is -2.16. The van der Waals surface area contributed by atoms with E-state index < -0.39 is 0 Å². The standard InChI is InChI=1S/C27H44O2/c1-3-4-5-6-7-8-9-10-11-12-13-14-15-16-17-19-25-20-18-21-26(22-25)28-23-27(2)24-29-27/h15-16,18,20-22H,3-14,17,19,23-24H2,1-2H3/b16-15+. The molecule has 1 fully saturated rings. The van der Waals surface area contributed by atoms with Gasteiger partial charge in [0.05, 0.1) is 6.61 Å². The fourth-order valence-corrected chi connectivity index (χ4v) is 3.65. The molecule has 1 aromatic carbocycles. The number of unbranched alkanes of at least 4 members (excludes halogenated alkanes) is 11. The van der Waals surface area contributed by atoms with Crippen molar-refractivity contribution in [3.8, 4) is 5.75 Å². The second-order valence-electron chi connectivity index (χ2n) is 9.01. The van der Waals surface area contributed by atoms with Crippen molar-refractivity contribution in [1.82, 2.24) is 0 Å². The quantitative estimate of drug-likeness (QED) is 0.141. The average Bonchev–Trinajstić information content (AvgIpc) is 3.47. The van der Waals surface area contributed by atoms with Gasteiger partial charge >= 0.3 is 0 Å². The topological polar surface area (TPSA) is 21.8 Å². The Bertz CT molecular complexity index is 559. The Kier molecular flexibility index (Phi) is 12.1. The molecule has 2 nitrogen and oxygen atoms in total. The summed E-state index contributed by atoms with van der Waals surface area (Å²) in [5.41, 5.74) is 1.30. The molecule has 0 radical (unpaired) electrons. The maximum atomic E-state index is 5.86. The first-order valence-corrected chi connectivity index (χ1v) is 12.2. The number of aryl methyl sites for hydroxylation is 1. The van der Waals surface area contributed by atoms with Crippen molar-refractivity contribution in [1.29, 1.82) is 0 Å². The van der Waals surface area contributed by atoms with Crippen LogP contribution in [0.1, 0.15) is 103 Å². The lowest BCUT2D eigenvalue weighted by atomic mass is 10.0. The van der Waals surface area contributed by atoms with Crippen molar-refractivity contribution < 1.29 is 9.47 Å². The van der Waals surface area contributed by atoms with Gasteiger partial charge in [-0.2, -0.15) is 0 Å². The number of rotatable bonds is 18. The molecule has 0 N–H and O–H groups in total. The Morgan fingerprint density at radius 3 is 2.17 bits per heavy atom. The van der Waals surface area contributed by atoms with E-state index in [4.69, 9.17) is 9.47 Å². The normalized spacial score (nSPS) is 18.4. The monoisotopic (exact) mass is 400 g/mol. The van der Waals surface area contributed by atoms with E-state index in [1.165, 1.54) is 82.6 Å². The van der Waals surface area contributed by atoms with Gasteiger partial charge in [0.15, 0.2) is 0 Å². The second-order valence-corrected chi connectivity index (χ2v) is 9.01. The van der Waals surface area contributed by atoms with E-state index in [0.29, 0.717) is 6.61 Å². The Labute approximate surface area is 180 Å². The summed E-state index contributed by atoms with van der Waals surface area (Å²) in [7, 11) is 0. The van der Waals surface area contributed by atoms with Crippen LogP contribution < -0.4 is 4.74 Å². The number of hydrogen-bond donors (Lipinski definition) is 0. The van der Waals surface area contributed by atoms with Crippen molar-refractivity contribution in [2.75, 3.05) is 13.2 Å². The van der Waals surface area contributed by atoms with Crippen LogP contribution >= 0.6 is 0 Å². The van der Waals surface area contributed by atoms with E-state index in [9.17, 15) is 0 Å². The summed E-state index contributed by atoms with van der Waals surface area (Å²) in [5.74, 6) is 0.962. The van der Waals surface area contributed by atoms with Gasteiger partial charge in [0, 0.05) is 0 Å². The van der Waals surface area contributed by atoms with Gasteiger partial charge in [-0.3, -0.25) is 0 Å². The SMILES string of the molecule is CCCCCCCCCCCCC/C=C/CCc1cccc(OCC2(C)CO2)c1. The molecule has 1 heterocycles. The molecule has 1 aromatic rings. The van der Waals surface area contributed by atoms with Crippen molar-refractivity contribution >= 4 is 0 Å². The third-order valence-electron chi connectivity index (χ3n) is 5.82. The first-order valence-electron chi connectivity index (χ1n) is 12.2. The average molecular weight is 401 g/mol. The van der Waals surface area contributed by atoms with Crippen LogP contribution in [0, 0.1) is 0 Å². The molecule has 0 spiro atoms. The van der Waals surface area contributed by atoms with Crippen molar-refractivity contribution in [2.24, 2.45) is 0 Å². The van der Waals surface area contributed by atoms with Crippen LogP contribution in [-0.4, -0.2) is 18.8 Å². The Balaban J connectivity index is 1.41. The Morgan fingerprint density at radius 1 is 0.897 bits per heavy atom. The largest absolute Gasteiger partial charge is 0.490 e. The summed E-state index contributed by atoms with van der Waals surface area (Å²) >= 11 is 0. The van der Waals surface area contributed by atoms with E-state index in [0.717, 1.165) is 25.2 Å². The first-order chi connectivity index (χ1) is 14.2. The lowest BCUT2D eigenvalue weighted by molar-refractivity contribution is 0.202. The van der Waals surface area contributed by atoms with Gasteiger partial charge in [0.1, 0.15) is 18.0 Å². The summed E-state index contributed by atoms with van der Waals surface area (Å²) in [6.45, 7) is 5.85. The van der Waals surface area contributed by atoms with E-state index >= 15 is 0 Å². The van der Waals surface area contributed by atoms with Gasteiger partial charge in [-0.25, -0.2) is 0 Å². The van der Waals surface area contributed by atoms with Crippen LogP contribution in [0.15, 0.2) is 36.4 Å². The predicted molar refractivity (Wildman–Crippen MR) is 125 cm³/mol. The third-order valence-corrected chi connectivity index (χ3v) is 5.82. The van der Waals surface area contributed by atoms with Gasteiger partial charge in [-0.15, -0.1) is 0 Å². The van der Waals surface area contributed by atoms with Crippen LogP contribution in [0.4, 0.5) is 0 Å². The van der Waals surface area contributed by atoms with Gasteiger partial charge in [0.25, 0.3) is 0 Å². The first kappa shape index (κ1) is 24.0. The molecule has 1 unspecified atom stereocenters. The predicted octanol–water partition coefficient (Wildman–Crippen LogP) is 8.04. The van der Waals surface area contributed by atoms with Gasteiger partial charge in [0.2, 0.25) is 0 Å². The third kappa shape index (κ3) is 12.1. The highest BCUT2D eigenvalue weighted by Gasteiger charge is 2.40. The maximum absolute atomic E-state index is 5.86. The number of epoxide rings is 1. The zero-order valence-electron chi connectivity index (χ0n) is 19.1. The second kappa shape index (κ2) is 14.7. The highest BCUT2D eigenvalue weighted by molar-refractivity contribution is 5.29. The highest BCUT2D eigenvalue weighted by Crippen LogP contribution is 2.27. The number of benzene rings is 1. The number of hydrogen-bond acceptors (Lipinski definition) is 2. The summed E-state index contributed by atoms with van der Waals surface area (Å²) in [6, 6.07) is 8.50. The number of allylic oxidation sites excluding steroid dienone is 2. The molecule has 2 rings (SSSR count). The minimum atomic E-state index is -0.0486. The van der Waals surface area contributed by atoms with Crippen LogP contribution in [0.5, 0.6) is 5.75 Å². The van der Waals surface area contributed by atoms with E-state index in [2.05, 4.69) is 44.2 Å². The van der Waals surface area contributed by atoms with Crippen molar-refractivity contribution in [2.45, 2.75) is 109 Å². The van der Waals surface area contributed by atoms with Crippen molar-refractivity contribution in [3.63, 3.8) is 0 Å². The molecule has 29 heavy (non-hydrogen) atoms. The molecule has 0 aliphatic carbocycles. The fourth-order valence-electron chi connectivity index (χ4n) is 3.65. The molecule has 0 saturated carbocycles. The molecule has 2 heteroatoms. The van der Waals surface area contributed by atoms with E-state index in [1.54, 1.807) is 0 Å². The van der Waals surface area contributed by atoms with Crippen LogP contribution in [-0.2, 0) is 11.2 Å². The molecule has 1 aliphatic heterocycles. The highest BCUT2D eigenvalue weighted by atomic mass is 16.6. The van der Waals surface area contributed by atoms with Crippen molar-refractivity contribution in [3.05, 3.63) is 42.0 Å². The zero-order valence-corrected chi connectivity index (χ0v) is 19.1. The molecule has 1 saturated heterocycles. The van der Waals surface area contributed by atoms with E-state index in [1.807, 2.05) is 6.07 Å². The molecule has 1 aliphatic rings. The molecule has 0 amide bonds. The van der Waals surface area contributed by atoms with Gasteiger partial charge in [-0.1, -0.05) is 95.4 Å². The van der Waals surface area contributed by atoms with Gasteiger partial charge in [-0.05, 0) is 50.3 Å². The molecular weight excluding hydrogens is 356 g/mol. The summed E-state index contributed by atoms with van der Waals surface area (Å²) in [4.78, 5) is 0. The Morgan fingerprint density at radius 2 is 1.52 bits per heavy atom. The molecule has 0 aromatic heterocycles. The molecule has 164 valence electrons. The summed E-state index contributed by atoms with van der Waals surface area (Å²) in [5, 5.41) is 0. The molecule has 0 bridgehead atoms. The van der Waals surface area contributed by atoms with Crippen LogP contribution in [0.25, 0.3) is 0 Å². The van der Waals surface area contributed by atoms with Gasteiger partial charge < -0.3 is 9.47 Å². The van der Waals surface area contributed by atoms with E-state index in [-0.39, 0.29) is 5.60 Å². The lowest BCUT2D eigenvalue weighted by Gasteiger charge is -2.09. The van der Waals surface area contributed by atoms with Crippen LogP contribution in [0.2, 0.25) is 0 Å². The summed E-state index contributed by atoms with van der Waals surface area (Å²) < 4.78 is 11.2. The molecule has 1 atom stereocenters. The minimum Gasteiger partial charge on any atom is -0.490 e. The smallest absolute Gasteiger partial charge is 0.123 e. The molecular formula is C27H44O2. The maximum Gasteiger partial charge on any atom is 0.123 e. The Hall–Kier alpha value is -1.28. The van der Waals surface area contributed by atoms with Crippen LogP contribution in [0.3, 0.4) is 0 Å². The zero-order chi connectivity index (χ0) is 20.6.